The van der Waals surface area contributed by atoms with Crippen molar-refractivity contribution in [1.82, 2.24) is 9.97 Å². The van der Waals surface area contributed by atoms with E-state index in [2.05, 4.69) is 9.97 Å². The summed E-state index contributed by atoms with van der Waals surface area (Å²) in [6.45, 7) is 5.51. The van der Waals surface area contributed by atoms with Crippen LogP contribution in [-0.4, -0.2) is 21.0 Å². The van der Waals surface area contributed by atoms with Gasteiger partial charge in [0, 0.05) is 4.88 Å². The van der Waals surface area contributed by atoms with E-state index in [4.69, 9.17) is 4.74 Å². The molecule has 0 aliphatic heterocycles. The number of phenols is 1. The molecule has 1 atom stereocenters. The number of carbonyl (C=O) groups excluding carboxylic acids is 1. The minimum absolute atomic E-state index is 0.0777. The molecule has 0 amide bonds. The van der Waals surface area contributed by atoms with Crippen molar-refractivity contribution in [3.63, 3.8) is 0 Å². The first kappa shape index (κ1) is 17.2. The lowest BCUT2D eigenvalue weighted by Crippen LogP contribution is -2.18. The van der Waals surface area contributed by atoms with Crippen LogP contribution in [0.3, 0.4) is 0 Å². The van der Waals surface area contributed by atoms with Crippen molar-refractivity contribution in [2.24, 2.45) is 0 Å². The second-order valence-electron chi connectivity index (χ2n) is 5.89. The first-order chi connectivity index (χ1) is 11.8. The molecule has 1 aromatic carbocycles. The van der Waals surface area contributed by atoms with Crippen LogP contribution in [0.25, 0.3) is 10.2 Å². The van der Waals surface area contributed by atoms with Crippen LogP contribution in [0.4, 0.5) is 0 Å². The summed E-state index contributed by atoms with van der Waals surface area (Å²) in [7, 11) is 0. The van der Waals surface area contributed by atoms with E-state index in [1.165, 1.54) is 23.5 Å². The number of benzene rings is 1. The SMILES string of the molecule is Cc1sc2nc([C@@H](C)OC(=O)Cc3ccc(O)cc3)[nH]c(=O)c2c1C. The van der Waals surface area contributed by atoms with Gasteiger partial charge in [-0.25, -0.2) is 4.98 Å². The topological polar surface area (TPSA) is 92.3 Å². The van der Waals surface area contributed by atoms with Crippen molar-refractivity contribution in [1.29, 1.82) is 0 Å². The molecule has 0 radical (unpaired) electrons. The average molecular weight is 358 g/mol. The van der Waals surface area contributed by atoms with E-state index in [9.17, 15) is 14.7 Å². The smallest absolute Gasteiger partial charge is 0.310 e. The molecule has 0 spiro atoms. The van der Waals surface area contributed by atoms with Gasteiger partial charge in [-0.2, -0.15) is 0 Å². The Hall–Kier alpha value is -2.67. The van der Waals surface area contributed by atoms with Crippen molar-refractivity contribution in [2.45, 2.75) is 33.3 Å². The number of esters is 1. The van der Waals surface area contributed by atoms with Gasteiger partial charge in [-0.05, 0) is 44.0 Å². The van der Waals surface area contributed by atoms with Gasteiger partial charge in [-0.1, -0.05) is 12.1 Å². The Balaban J connectivity index is 1.77. The first-order valence-electron chi connectivity index (χ1n) is 7.82. The molecule has 0 unspecified atom stereocenters. The summed E-state index contributed by atoms with van der Waals surface area (Å²) < 4.78 is 5.38. The van der Waals surface area contributed by atoms with Gasteiger partial charge in [0.05, 0.1) is 11.8 Å². The fourth-order valence-corrected chi connectivity index (χ4v) is 3.58. The number of aromatic amines is 1. The van der Waals surface area contributed by atoms with Crippen LogP contribution >= 0.6 is 11.3 Å². The molecule has 2 heterocycles. The quantitative estimate of drug-likeness (QED) is 0.699. The molecule has 7 heteroatoms. The Morgan fingerprint density at radius 3 is 2.68 bits per heavy atom. The number of H-pyrrole nitrogens is 1. The number of aromatic nitrogens is 2. The summed E-state index contributed by atoms with van der Waals surface area (Å²) in [5, 5.41) is 9.85. The highest BCUT2D eigenvalue weighted by Gasteiger charge is 2.18. The molecule has 0 aliphatic rings. The van der Waals surface area contributed by atoms with Crippen molar-refractivity contribution >= 4 is 27.5 Å². The zero-order valence-electron chi connectivity index (χ0n) is 14.1. The Bertz CT molecular complexity index is 989. The van der Waals surface area contributed by atoms with Gasteiger partial charge < -0.3 is 14.8 Å². The third kappa shape index (κ3) is 3.56. The molecule has 3 rings (SSSR count). The van der Waals surface area contributed by atoms with Gasteiger partial charge in [-0.3, -0.25) is 9.59 Å². The van der Waals surface area contributed by atoms with Crippen LogP contribution in [0.5, 0.6) is 5.75 Å². The molecule has 0 saturated carbocycles. The highest BCUT2D eigenvalue weighted by Crippen LogP contribution is 2.27. The predicted octanol–water partition coefficient (Wildman–Crippen LogP) is 3.15. The highest BCUT2D eigenvalue weighted by atomic mass is 32.1. The lowest BCUT2D eigenvalue weighted by molar-refractivity contribution is -0.148. The number of aromatic hydroxyl groups is 1. The largest absolute Gasteiger partial charge is 0.508 e. The summed E-state index contributed by atoms with van der Waals surface area (Å²) in [6, 6.07) is 6.34. The maximum atomic E-state index is 12.3. The summed E-state index contributed by atoms with van der Waals surface area (Å²) in [5.74, 6) is 0.0411. The van der Waals surface area contributed by atoms with E-state index in [1.807, 2.05) is 13.8 Å². The number of carbonyl (C=O) groups is 1. The molecule has 0 aliphatic carbocycles. The molecule has 25 heavy (non-hydrogen) atoms. The van der Waals surface area contributed by atoms with Gasteiger partial charge in [0.1, 0.15) is 10.6 Å². The van der Waals surface area contributed by atoms with E-state index >= 15 is 0 Å². The maximum Gasteiger partial charge on any atom is 0.310 e. The summed E-state index contributed by atoms with van der Waals surface area (Å²) in [5.41, 5.74) is 1.44. The van der Waals surface area contributed by atoms with Crippen molar-refractivity contribution in [3.05, 3.63) is 56.4 Å². The second kappa shape index (κ2) is 6.68. The van der Waals surface area contributed by atoms with Crippen LogP contribution < -0.4 is 5.56 Å². The lowest BCUT2D eigenvalue weighted by Gasteiger charge is -2.12. The third-order valence-electron chi connectivity index (χ3n) is 4.04. The van der Waals surface area contributed by atoms with Gasteiger partial charge in [0.15, 0.2) is 11.9 Å². The number of rotatable bonds is 4. The van der Waals surface area contributed by atoms with Crippen molar-refractivity contribution in [2.75, 3.05) is 0 Å². The molecule has 2 N–H and O–H groups in total. The molecular weight excluding hydrogens is 340 g/mol. The van der Waals surface area contributed by atoms with Crippen LogP contribution in [0, 0.1) is 13.8 Å². The van der Waals surface area contributed by atoms with Gasteiger partial charge in [0.25, 0.3) is 5.56 Å². The first-order valence-corrected chi connectivity index (χ1v) is 8.64. The van der Waals surface area contributed by atoms with Crippen LogP contribution in [0.1, 0.15) is 34.9 Å². The predicted molar refractivity (Wildman–Crippen MR) is 96.0 cm³/mol. The number of ether oxygens (including phenoxy) is 1. The lowest BCUT2D eigenvalue weighted by atomic mass is 10.1. The molecule has 0 bridgehead atoms. The number of nitrogens with one attached hydrogen (secondary N) is 1. The second-order valence-corrected chi connectivity index (χ2v) is 7.09. The van der Waals surface area contributed by atoms with E-state index in [0.29, 0.717) is 16.0 Å². The van der Waals surface area contributed by atoms with E-state index in [1.54, 1.807) is 19.1 Å². The zero-order valence-corrected chi connectivity index (χ0v) is 14.9. The zero-order chi connectivity index (χ0) is 18.1. The van der Waals surface area contributed by atoms with Crippen LogP contribution in [0.15, 0.2) is 29.1 Å². The molecule has 6 nitrogen and oxygen atoms in total. The fraction of sp³-hybridized carbons (Fsp3) is 0.278. The third-order valence-corrected chi connectivity index (χ3v) is 5.14. The molecular formula is C18H18N2O4S. The number of phenolic OH excluding ortho intramolecular Hbond substituents is 1. The maximum absolute atomic E-state index is 12.3. The molecule has 3 aromatic rings. The number of aryl methyl sites for hydroxylation is 2. The summed E-state index contributed by atoms with van der Waals surface area (Å²) in [6.07, 6.45) is -0.585. The minimum Gasteiger partial charge on any atom is -0.508 e. The molecule has 0 fully saturated rings. The number of fused-ring (bicyclic) bond motifs is 1. The van der Waals surface area contributed by atoms with Gasteiger partial charge in [-0.15, -0.1) is 11.3 Å². The monoisotopic (exact) mass is 358 g/mol. The highest BCUT2D eigenvalue weighted by molar-refractivity contribution is 7.18. The Morgan fingerprint density at radius 1 is 1.32 bits per heavy atom. The van der Waals surface area contributed by atoms with E-state index < -0.39 is 12.1 Å². The van der Waals surface area contributed by atoms with Crippen LogP contribution in [0.2, 0.25) is 0 Å². The summed E-state index contributed by atoms with van der Waals surface area (Å²) >= 11 is 1.45. The number of hydrogen-bond acceptors (Lipinski definition) is 6. The molecule has 0 saturated heterocycles. The Kier molecular flexibility index (Phi) is 4.59. The number of hydrogen-bond donors (Lipinski definition) is 2. The Morgan fingerprint density at radius 2 is 2.00 bits per heavy atom. The van der Waals surface area contributed by atoms with Gasteiger partial charge in [0.2, 0.25) is 0 Å². The van der Waals surface area contributed by atoms with Gasteiger partial charge >= 0.3 is 5.97 Å². The normalized spacial score (nSPS) is 12.3. The average Bonchev–Trinajstić information content (AvgIpc) is 2.84. The van der Waals surface area contributed by atoms with Crippen molar-refractivity contribution in [3.8, 4) is 5.75 Å². The van der Waals surface area contributed by atoms with E-state index in [-0.39, 0.29) is 17.7 Å². The Labute approximate surface area is 148 Å². The minimum atomic E-state index is -0.663. The molecule has 2 aromatic heterocycles. The number of thiophene rings is 1. The molecule has 130 valence electrons. The number of nitrogens with zero attached hydrogens (tertiary/aromatic N) is 1. The fourth-order valence-electron chi connectivity index (χ4n) is 2.54. The summed E-state index contributed by atoms with van der Waals surface area (Å²) in [4.78, 5) is 33.2. The van der Waals surface area contributed by atoms with Crippen molar-refractivity contribution < 1.29 is 14.6 Å². The van der Waals surface area contributed by atoms with E-state index in [0.717, 1.165) is 16.0 Å². The van der Waals surface area contributed by atoms with Crippen LogP contribution in [-0.2, 0) is 16.0 Å². The standard InChI is InChI=1S/C18H18N2O4S/c1-9-11(3)25-18-15(9)17(23)19-16(20-18)10(2)24-14(22)8-12-4-6-13(21)7-5-12/h4-7,10,21H,8H2,1-3H3,(H,19,20,23)/t10-/m1/s1.